The topological polar surface area (TPSA) is 113 Å². The third-order valence-electron chi connectivity index (χ3n) is 2.22. The number of nitrogens with zero attached hydrogens (tertiary/aromatic N) is 2. The molecule has 0 atom stereocenters. The van der Waals surface area contributed by atoms with Crippen LogP contribution in [-0.4, -0.2) is 9.85 Å². The average molecular weight is 276 g/mol. The Morgan fingerprint density at radius 3 is 1.55 bits per heavy atom. The molecule has 0 aliphatic carbocycles. The van der Waals surface area contributed by atoms with Crippen LogP contribution < -0.4 is 0 Å². The van der Waals surface area contributed by atoms with Gasteiger partial charge in [0.05, 0.1) is 22.0 Å². The van der Waals surface area contributed by atoms with Crippen molar-refractivity contribution in [1.82, 2.24) is 0 Å². The maximum atomic E-state index is 10.2. The highest BCUT2D eigenvalue weighted by atomic mass is 16.6. The summed E-state index contributed by atoms with van der Waals surface area (Å²) in [5.41, 5.74) is 0. The van der Waals surface area contributed by atoms with Crippen molar-refractivity contribution < 1.29 is 18.7 Å². The van der Waals surface area contributed by atoms with Crippen LogP contribution in [0.25, 0.3) is 23.7 Å². The molecule has 0 saturated carbocycles. The van der Waals surface area contributed by atoms with Crippen LogP contribution in [0, 0.1) is 20.2 Å². The lowest BCUT2D eigenvalue weighted by Gasteiger charge is -1.89. The monoisotopic (exact) mass is 276 g/mol. The second kappa shape index (κ2) is 5.65. The summed E-state index contributed by atoms with van der Waals surface area (Å²) in [6.45, 7) is 0. The Kier molecular flexibility index (Phi) is 3.75. The maximum absolute atomic E-state index is 10.2. The normalized spacial score (nSPS) is 11.4. The molecule has 0 aliphatic heterocycles. The quantitative estimate of drug-likeness (QED) is 0.612. The number of furan rings is 2. The first kappa shape index (κ1) is 13.3. The van der Waals surface area contributed by atoms with Gasteiger partial charge in [0, 0.05) is 0 Å². The highest BCUT2D eigenvalue weighted by Gasteiger charge is 2.08. The molecule has 0 N–H and O–H groups in total. The zero-order valence-electron chi connectivity index (χ0n) is 9.96. The molecule has 0 spiro atoms. The van der Waals surface area contributed by atoms with Crippen LogP contribution in [0.1, 0.15) is 11.5 Å². The minimum atomic E-state index is -0.602. The van der Waals surface area contributed by atoms with Crippen molar-refractivity contribution in [3.8, 4) is 11.5 Å². The highest BCUT2D eigenvalue weighted by Crippen LogP contribution is 2.25. The molecule has 102 valence electrons. The molecule has 0 bridgehead atoms. The Morgan fingerprint density at radius 1 is 0.800 bits per heavy atom. The van der Waals surface area contributed by atoms with Gasteiger partial charge >= 0.3 is 0 Å². The predicted molar refractivity (Wildman–Crippen MR) is 68.5 cm³/mol. The molecule has 0 aromatic carbocycles. The Bertz CT molecular complexity index is 634. The molecule has 0 fully saturated rings. The molecule has 2 aromatic heterocycles. The Labute approximate surface area is 111 Å². The average Bonchev–Trinajstić information content (AvgIpc) is 3.02. The van der Waals surface area contributed by atoms with Crippen molar-refractivity contribution in [2.45, 2.75) is 0 Å². The summed E-state index contributed by atoms with van der Waals surface area (Å²) in [5.74, 6) is 1.34. The fourth-order valence-corrected chi connectivity index (χ4v) is 1.42. The van der Waals surface area contributed by atoms with Gasteiger partial charge in [0.25, 0.3) is 0 Å². The van der Waals surface area contributed by atoms with Gasteiger partial charge in [-0.05, 0) is 24.3 Å². The number of nitro groups is 2. The fraction of sp³-hybridized carbons (Fsp3) is 0. The largest absolute Gasteiger partial charge is 0.453 e. The SMILES string of the molecule is O=[N+]([O-])/C=C/c1ccc(-c2ccc(/C=C/[N+](=O)[O-])o2)o1. The lowest BCUT2D eigenvalue weighted by Crippen LogP contribution is -1.81. The van der Waals surface area contributed by atoms with Crippen LogP contribution >= 0.6 is 0 Å². The Morgan fingerprint density at radius 2 is 1.20 bits per heavy atom. The molecule has 20 heavy (non-hydrogen) atoms. The summed E-state index contributed by atoms with van der Waals surface area (Å²) in [7, 11) is 0. The van der Waals surface area contributed by atoms with Crippen LogP contribution in [-0.2, 0) is 0 Å². The smallest absolute Gasteiger partial charge is 0.238 e. The first-order valence-corrected chi connectivity index (χ1v) is 5.38. The first-order valence-electron chi connectivity index (χ1n) is 5.38. The summed E-state index contributed by atoms with van der Waals surface area (Å²) in [5, 5.41) is 20.4. The third kappa shape index (κ3) is 3.42. The Balaban J connectivity index is 2.16. The summed E-state index contributed by atoms with van der Waals surface area (Å²) in [6, 6.07) is 6.26. The van der Waals surface area contributed by atoms with Gasteiger partial charge in [-0.3, -0.25) is 20.2 Å². The van der Waals surface area contributed by atoms with E-state index in [0.29, 0.717) is 23.0 Å². The van der Waals surface area contributed by atoms with Crippen LogP contribution in [0.15, 0.2) is 45.5 Å². The molecule has 0 amide bonds. The molecule has 2 heterocycles. The lowest BCUT2D eigenvalue weighted by atomic mass is 10.3. The molecule has 0 unspecified atom stereocenters. The van der Waals surface area contributed by atoms with Gasteiger partial charge in [0.15, 0.2) is 11.5 Å². The van der Waals surface area contributed by atoms with E-state index < -0.39 is 9.85 Å². The molecule has 0 aliphatic rings. The van der Waals surface area contributed by atoms with Gasteiger partial charge in [-0.2, -0.15) is 0 Å². The van der Waals surface area contributed by atoms with E-state index in [1.807, 2.05) is 0 Å². The standard InChI is InChI=1S/C12H8N2O6/c15-13(16)7-5-9-1-3-11(19-9)12-4-2-10(20-12)6-8-14(17)18/h1-8H/b7-5+,8-6+. The van der Waals surface area contributed by atoms with Crippen LogP contribution in [0.3, 0.4) is 0 Å². The van der Waals surface area contributed by atoms with E-state index in [1.54, 1.807) is 24.3 Å². The molecule has 0 radical (unpaired) electrons. The zero-order valence-corrected chi connectivity index (χ0v) is 9.96. The van der Waals surface area contributed by atoms with Gasteiger partial charge in [0.1, 0.15) is 11.5 Å². The number of hydrogen-bond acceptors (Lipinski definition) is 6. The van der Waals surface area contributed by atoms with E-state index in [0.717, 1.165) is 12.4 Å². The second-order valence-corrected chi connectivity index (χ2v) is 3.61. The van der Waals surface area contributed by atoms with E-state index in [-0.39, 0.29) is 0 Å². The Hall–Kier alpha value is -3.16. The van der Waals surface area contributed by atoms with Gasteiger partial charge in [-0.25, -0.2) is 0 Å². The lowest BCUT2D eigenvalue weighted by molar-refractivity contribution is -0.401. The molecule has 2 rings (SSSR count). The molecule has 0 saturated heterocycles. The van der Waals surface area contributed by atoms with E-state index in [9.17, 15) is 20.2 Å². The second-order valence-electron chi connectivity index (χ2n) is 3.61. The minimum Gasteiger partial charge on any atom is -0.453 e. The van der Waals surface area contributed by atoms with Crippen LogP contribution in [0.4, 0.5) is 0 Å². The van der Waals surface area contributed by atoms with Crippen molar-refractivity contribution in [2.75, 3.05) is 0 Å². The van der Waals surface area contributed by atoms with Crippen molar-refractivity contribution in [3.63, 3.8) is 0 Å². The molecule has 8 heteroatoms. The van der Waals surface area contributed by atoms with Crippen molar-refractivity contribution in [3.05, 3.63) is 68.4 Å². The number of rotatable bonds is 5. The van der Waals surface area contributed by atoms with E-state index in [2.05, 4.69) is 0 Å². The predicted octanol–water partition coefficient (Wildman–Crippen LogP) is 3.03. The van der Waals surface area contributed by atoms with Gasteiger partial charge in [0.2, 0.25) is 12.4 Å². The summed E-state index contributed by atoms with van der Waals surface area (Å²) < 4.78 is 10.6. The summed E-state index contributed by atoms with van der Waals surface area (Å²) in [4.78, 5) is 19.1. The fourth-order valence-electron chi connectivity index (χ4n) is 1.42. The van der Waals surface area contributed by atoms with Gasteiger partial charge < -0.3 is 8.83 Å². The van der Waals surface area contributed by atoms with Crippen molar-refractivity contribution in [1.29, 1.82) is 0 Å². The van der Waals surface area contributed by atoms with Crippen LogP contribution in [0.5, 0.6) is 0 Å². The summed E-state index contributed by atoms with van der Waals surface area (Å²) >= 11 is 0. The zero-order chi connectivity index (χ0) is 14.5. The van der Waals surface area contributed by atoms with E-state index >= 15 is 0 Å². The van der Waals surface area contributed by atoms with Crippen LogP contribution in [0.2, 0.25) is 0 Å². The van der Waals surface area contributed by atoms with E-state index in [4.69, 9.17) is 8.83 Å². The maximum Gasteiger partial charge on any atom is 0.238 e. The first-order chi connectivity index (χ1) is 9.54. The van der Waals surface area contributed by atoms with Crippen molar-refractivity contribution in [2.24, 2.45) is 0 Å². The molecule has 8 nitrogen and oxygen atoms in total. The van der Waals surface area contributed by atoms with Gasteiger partial charge in [-0.1, -0.05) is 0 Å². The van der Waals surface area contributed by atoms with Gasteiger partial charge in [-0.15, -0.1) is 0 Å². The van der Waals surface area contributed by atoms with E-state index in [1.165, 1.54) is 12.2 Å². The van der Waals surface area contributed by atoms with Crippen molar-refractivity contribution >= 4 is 12.2 Å². The summed E-state index contributed by atoms with van der Waals surface area (Å²) in [6.07, 6.45) is 3.94. The molecule has 2 aromatic rings. The molecular formula is C12H8N2O6. The number of hydrogen-bond donors (Lipinski definition) is 0. The molecular weight excluding hydrogens is 268 g/mol. The highest BCUT2D eigenvalue weighted by molar-refractivity contribution is 5.56. The third-order valence-corrected chi connectivity index (χ3v) is 2.22. The minimum absolute atomic E-state index is 0.301.